The van der Waals surface area contributed by atoms with Crippen LogP contribution < -0.4 is 5.84 Å². The lowest BCUT2D eigenvalue weighted by Crippen LogP contribution is -2.35. The second-order valence-corrected chi connectivity index (χ2v) is 8.33. The maximum Gasteiger partial charge on any atom is 0.253 e. The number of amides is 1. The first-order chi connectivity index (χ1) is 14.1. The van der Waals surface area contributed by atoms with Crippen molar-refractivity contribution in [3.8, 4) is 11.4 Å². The fourth-order valence-corrected chi connectivity index (χ4v) is 4.30. The molecule has 2 heterocycles. The molecule has 1 aliphatic heterocycles. The molecule has 0 radical (unpaired) electrons. The molecule has 1 fully saturated rings. The molecule has 29 heavy (non-hydrogen) atoms. The molecule has 0 aliphatic carbocycles. The van der Waals surface area contributed by atoms with Crippen molar-refractivity contribution in [1.82, 2.24) is 19.8 Å². The number of hydrogen-bond donors (Lipinski definition) is 1. The molecular weight excluding hydrogens is 382 g/mol. The molecule has 0 unspecified atom stereocenters. The minimum absolute atomic E-state index is 0.125. The number of nitrogens with zero attached hydrogens (tertiary/aromatic N) is 4. The molecule has 0 atom stereocenters. The van der Waals surface area contributed by atoms with Gasteiger partial charge in [-0.2, -0.15) is 0 Å². The van der Waals surface area contributed by atoms with Crippen LogP contribution in [0.3, 0.4) is 0 Å². The number of piperidine rings is 1. The van der Waals surface area contributed by atoms with Crippen molar-refractivity contribution < 1.29 is 4.79 Å². The topological polar surface area (TPSA) is 77.0 Å². The van der Waals surface area contributed by atoms with Crippen LogP contribution >= 0.6 is 11.8 Å². The van der Waals surface area contributed by atoms with Gasteiger partial charge < -0.3 is 10.7 Å². The Morgan fingerprint density at radius 2 is 1.83 bits per heavy atom. The average Bonchev–Trinajstić information content (AvgIpc) is 3.13. The van der Waals surface area contributed by atoms with E-state index in [-0.39, 0.29) is 5.91 Å². The van der Waals surface area contributed by atoms with Crippen LogP contribution in [0.2, 0.25) is 0 Å². The number of carbonyl (C=O) groups is 1. The van der Waals surface area contributed by atoms with Crippen LogP contribution in [0.5, 0.6) is 0 Å². The van der Waals surface area contributed by atoms with E-state index < -0.39 is 0 Å². The largest absolute Gasteiger partial charge is 0.339 e. The maximum absolute atomic E-state index is 12.7. The number of carbonyl (C=O) groups excluding carboxylic acids is 1. The summed E-state index contributed by atoms with van der Waals surface area (Å²) >= 11 is 1.51. The molecule has 2 aromatic carbocycles. The number of hydrogen-bond acceptors (Lipinski definition) is 5. The van der Waals surface area contributed by atoms with Gasteiger partial charge in [0, 0.05) is 30.0 Å². The van der Waals surface area contributed by atoms with Gasteiger partial charge in [0.1, 0.15) is 0 Å². The van der Waals surface area contributed by atoms with Crippen LogP contribution in [0, 0.1) is 6.92 Å². The first-order valence-electron chi connectivity index (χ1n) is 9.90. The minimum Gasteiger partial charge on any atom is -0.339 e. The molecule has 7 heteroatoms. The molecule has 0 saturated carbocycles. The molecule has 1 amide bonds. The number of rotatable bonds is 5. The van der Waals surface area contributed by atoms with Crippen LogP contribution in [0.4, 0.5) is 0 Å². The molecular formula is C22H25N5OS. The highest BCUT2D eigenvalue weighted by molar-refractivity contribution is 7.98. The van der Waals surface area contributed by atoms with Gasteiger partial charge in [0.2, 0.25) is 5.16 Å². The molecule has 150 valence electrons. The van der Waals surface area contributed by atoms with Crippen LogP contribution in [0.15, 0.2) is 53.7 Å². The Labute approximate surface area is 175 Å². The zero-order valence-corrected chi connectivity index (χ0v) is 17.4. The summed E-state index contributed by atoms with van der Waals surface area (Å²) in [6.45, 7) is 3.76. The van der Waals surface area contributed by atoms with E-state index in [0.29, 0.717) is 16.7 Å². The first-order valence-corrected chi connectivity index (χ1v) is 10.9. The molecule has 3 aromatic rings. The molecule has 2 N–H and O–H groups in total. The van der Waals surface area contributed by atoms with Gasteiger partial charge in [0.25, 0.3) is 5.91 Å². The molecule has 1 aromatic heterocycles. The van der Waals surface area contributed by atoms with E-state index in [9.17, 15) is 4.79 Å². The zero-order valence-electron chi connectivity index (χ0n) is 16.5. The molecule has 1 aliphatic rings. The van der Waals surface area contributed by atoms with Crippen molar-refractivity contribution in [2.24, 2.45) is 0 Å². The van der Waals surface area contributed by atoms with Crippen LogP contribution in [0.1, 0.15) is 40.7 Å². The third-order valence-electron chi connectivity index (χ3n) is 5.16. The number of aryl methyl sites for hydroxylation is 1. The number of aromatic nitrogens is 3. The Hall–Kier alpha value is -2.80. The van der Waals surface area contributed by atoms with Crippen molar-refractivity contribution in [3.05, 3.63) is 65.2 Å². The highest BCUT2D eigenvalue weighted by atomic mass is 32.2. The maximum atomic E-state index is 12.7. The van der Waals surface area contributed by atoms with Gasteiger partial charge in [-0.25, -0.2) is 4.68 Å². The molecule has 6 nitrogen and oxygen atoms in total. The van der Waals surface area contributed by atoms with Crippen molar-refractivity contribution >= 4 is 17.7 Å². The van der Waals surface area contributed by atoms with Gasteiger partial charge >= 0.3 is 0 Å². The lowest BCUT2D eigenvalue weighted by atomic mass is 10.1. The summed E-state index contributed by atoms with van der Waals surface area (Å²) in [5.41, 5.74) is 3.94. The van der Waals surface area contributed by atoms with Crippen LogP contribution in [0.25, 0.3) is 11.4 Å². The number of likely N-dealkylation sites (tertiary alicyclic amines) is 1. The first kappa shape index (κ1) is 19.5. The SMILES string of the molecule is Cc1ccc(-c2nnc(SCc3cccc(C(=O)N4CCCCC4)c3)n2N)cc1. The second kappa shape index (κ2) is 8.69. The average molecular weight is 408 g/mol. The summed E-state index contributed by atoms with van der Waals surface area (Å²) in [5.74, 6) is 7.66. The Balaban J connectivity index is 1.44. The molecule has 1 saturated heterocycles. The van der Waals surface area contributed by atoms with Crippen molar-refractivity contribution in [3.63, 3.8) is 0 Å². The number of benzene rings is 2. The van der Waals surface area contributed by atoms with E-state index in [4.69, 9.17) is 5.84 Å². The van der Waals surface area contributed by atoms with Crippen LogP contribution in [-0.2, 0) is 5.75 Å². The van der Waals surface area contributed by atoms with E-state index in [0.717, 1.165) is 42.6 Å². The number of nitrogens with two attached hydrogens (primary N) is 1. The quantitative estimate of drug-likeness (QED) is 0.513. The fourth-order valence-electron chi connectivity index (χ4n) is 3.50. The van der Waals surface area contributed by atoms with E-state index in [2.05, 4.69) is 10.2 Å². The Morgan fingerprint density at radius 3 is 2.59 bits per heavy atom. The van der Waals surface area contributed by atoms with Gasteiger partial charge in [-0.05, 0) is 43.9 Å². The Bertz CT molecular complexity index is 993. The normalized spacial score (nSPS) is 14.2. The third-order valence-corrected chi connectivity index (χ3v) is 6.17. The highest BCUT2D eigenvalue weighted by Crippen LogP contribution is 2.25. The Kier molecular flexibility index (Phi) is 5.85. The smallest absolute Gasteiger partial charge is 0.253 e. The monoisotopic (exact) mass is 407 g/mol. The third kappa shape index (κ3) is 4.45. The summed E-state index contributed by atoms with van der Waals surface area (Å²) in [7, 11) is 0. The molecule has 0 spiro atoms. The summed E-state index contributed by atoms with van der Waals surface area (Å²) in [5, 5.41) is 9.12. The van der Waals surface area contributed by atoms with Crippen molar-refractivity contribution in [1.29, 1.82) is 0 Å². The van der Waals surface area contributed by atoms with Gasteiger partial charge in [0.05, 0.1) is 0 Å². The Morgan fingerprint density at radius 1 is 1.07 bits per heavy atom. The van der Waals surface area contributed by atoms with E-state index >= 15 is 0 Å². The van der Waals surface area contributed by atoms with Crippen LogP contribution in [-0.4, -0.2) is 38.8 Å². The lowest BCUT2D eigenvalue weighted by molar-refractivity contribution is 0.0724. The second-order valence-electron chi connectivity index (χ2n) is 7.38. The van der Waals surface area contributed by atoms with E-state index in [1.54, 1.807) is 0 Å². The van der Waals surface area contributed by atoms with Gasteiger partial charge in [0.15, 0.2) is 5.82 Å². The molecule has 4 rings (SSSR count). The highest BCUT2D eigenvalue weighted by Gasteiger charge is 2.18. The summed E-state index contributed by atoms with van der Waals surface area (Å²) in [4.78, 5) is 14.7. The van der Waals surface area contributed by atoms with Crippen molar-refractivity contribution in [2.75, 3.05) is 18.9 Å². The standard InChI is InChI=1S/C22H25N5OS/c1-16-8-10-18(11-9-16)20-24-25-22(27(20)23)29-15-17-6-5-7-19(14-17)21(28)26-12-3-2-4-13-26/h5-11,14H,2-4,12-13,15,23H2,1H3. The lowest BCUT2D eigenvalue weighted by Gasteiger charge is -2.26. The summed E-state index contributed by atoms with van der Waals surface area (Å²) in [6, 6.07) is 15.9. The predicted molar refractivity (Wildman–Crippen MR) is 116 cm³/mol. The summed E-state index contributed by atoms with van der Waals surface area (Å²) < 4.78 is 1.53. The van der Waals surface area contributed by atoms with Gasteiger partial charge in [-0.1, -0.05) is 53.7 Å². The van der Waals surface area contributed by atoms with E-state index in [1.165, 1.54) is 28.4 Å². The number of thioether (sulfide) groups is 1. The van der Waals surface area contributed by atoms with Gasteiger partial charge in [-0.15, -0.1) is 10.2 Å². The molecule has 0 bridgehead atoms. The fraction of sp³-hybridized carbons (Fsp3) is 0.318. The number of nitrogen functional groups attached to an aromatic ring is 1. The van der Waals surface area contributed by atoms with E-state index in [1.807, 2.05) is 60.4 Å². The zero-order chi connectivity index (χ0) is 20.2. The predicted octanol–water partition coefficient (Wildman–Crippen LogP) is 3.89. The minimum atomic E-state index is 0.125. The van der Waals surface area contributed by atoms with Crippen molar-refractivity contribution in [2.45, 2.75) is 37.1 Å². The van der Waals surface area contributed by atoms with Gasteiger partial charge in [-0.3, -0.25) is 4.79 Å². The summed E-state index contributed by atoms with van der Waals surface area (Å²) in [6.07, 6.45) is 3.40.